The van der Waals surface area contributed by atoms with Crippen LogP contribution in [0.3, 0.4) is 0 Å². The Morgan fingerprint density at radius 3 is 2.48 bits per heavy atom. The number of benzene rings is 1. The fourth-order valence-corrected chi connectivity index (χ4v) is 4.46. The Balaban J connectivity index is 1.74. The molecule has 2 N–H and O–H groups in total. The van der Waals surface area contributed by atoms with Crippen molar-refractivity contribution in [3.05, 3.63) is 35.0 Å². The molecule has 0 unspecified atom stereocenters. The number of sulfonamides is 1. The molecule has 0 atom stereocenters. The molecule has 3 rings (SSSR count). The van der Waals surface area contributed by atoms with E-state index in [0.717, 1.165) is 0 Å². The number of hydrogen-bond acceptors (Lipinski definition) is 7. The second-order valence-corrected chi connectivity index (χ2v) is 8.53. The number of halogens is 1. The van der Waals surface area contributed by atoms with Crippen LogP contribution in [0.4, 0.5) is 5.88 Å². The minimum Gasteiger partial charge on any atom is -0.361 e. The Hall–Kier alpha value is -2.17. The molecule has 2 aromatic rings. The zero-order valence-electron chi connectivity index (χ0n) is 14.8. The maximum atomic E-state index is 12.8. The zero-order chi connectivity index (χ0) is 19.6. The molecule has 1 fully saturated rings. The molecule has 1 aliphatic heterocycles. The predicted octanol–water partition coefficient (Wildman–Crippen LogP) is 0.823. The molecule has 0 spiro atoms. The monoisotopic (exact) mass is 414 g/mol. The quantitative estimate of drug-likeness (QED) is 0.549. The van der Waals surface area contributed by atoms with Crippen molar-refractivity contribution in [1.29, 1.82) is 0 Å². The van der Waals surface area contributed by atoms with Crippen LogP contribution in [0, 0.1) is 0 Å². The van der Waals surface area contributed by atoms with Crippen LogP contribution < -0.4 is 15.5 Å². The van der Waals surface area contributed by atoms with E-state index in [1.165, 1.54) is 21.2 Å². The van der Waals surface area contributed by atoms with Crippen molar-refractivity contribution in [2.45, 2.75) is 24.7 Å². The lowest BCUT2D eigenvalue weighted by Crippen LogP contribution is -2.67. The highest BCUT2D eigenvalue weighted by atomic mass is 35.5. The normalized spacial score (nSPS) is 15.9. The molecule has 0 bridgehead atoms. The molecule has 1 aliphatic rings. The lowest BCUT2D eigenvalue weighted by Gasteiger charge is -2.29. The van der Waals surface area contributed by atoms with Gasteiger partial charge in [0.15, 0.2) is 0 Å². The summed E-state index contributed by atoms with van der Waals surface area (Å²) in [6.45, 7) is 3.07. The lowest BCUT2D eigenvalue weighted by molar-refractivity contribution is -0.760. The van der Waals surface area contributed by atoms with Crippen molar-refractivity contribution in [2.75, 3.05) is 36.9 Å². The van der Waals surface area contributed by atoms with Crippen molar-refractivity contribution in [2.24, 2.45) is 0 Å². The maximum absolute atomic E-state index is 12.8. The van der Waals surface area contributed by atoms with Gasteiger partial charge < -0.3 is 5.73 Å². The molecule has 27 heavy (non-hydrogen) atoms. The van der Waals surface area contributed by atoms with E-state index in [-0.39, 0.29) is 35.3 Å². The second-order valence-electron chi connectivity index (χ2n) is 6.16. The van der Waals surface area contributed by atoms with Crippen LogP contribution in [0.2, 0.25) is 5.02 Å². The fourth-order valence-electron chi connectivity index (χ4n) is 2.92. The summed E-state index contributed by atoms with van der Waals surface area (Å²) in [5.41, 5.74) is 5.95. The van der Waals surface area contributed by atoms with Gasteiger partial charge in [0, 0.05) is 24.5 Å². The number of hydrogen-bond donors (Lipinski definition) is 1. The molecular formula is C16H21ClN5O4S+. The van der Waals surface area contributed by atoms with Crippen LogP contribution in [-0.2, 0) is 10.0 Å². The molecule has 1 aromatic carbocycles. The van der Waals surface area contributed by atoms with Crippen molar-refractivity contribution in [3.8, 4) is 0 Å². The summed E-state index contributed by atoms with van der Waals surface area (Å²) in [5, 5.41) is 6.06. The summed E-state index contributed by atoms with van der Waals surface area (Å²) in [4.78, 5) is 13.8. The lowest BCUT2D eigenvalue weighted by atomic mass is 10.2. The largest absolute Gasteiger partial charge is 0.373 e. The van der Waals surface area contributed by atoms with E-state index < -0.39 is 10.0 Å². The van der Waals surface area contributed by atoms with E-state index in [4.69, 9.17) is 21.9 Å². The predicted molar refractivity (Wildman–Crippen MR) is 98.5 cm³/mol. The summed E-state index contributed by atoms with van der Waals surface area (Å²) in [7, 11) is -3.61. The molecule has 146 valence electrons. The van der Waals surface area contributed by atoms with Gasteiger partial charge in [0.2, 0.25) is 21.1 Å². The fraction of sp³-hybridized carbons (Fsp3) is 0.438. The SMILES string of the molecule is CCCC(=O)c1c(N)on[n+]1N1CCN(S(=O)(=O)c2ccc(Cl)cc2)CC1. The molecule has 0 aliphatic carbocycles. The van der Waals surface area contributed by atoms with Crippen molar-refractivity contribution in [3.63, 3.8) is 0 Å². The van der Waals surface area contributed by atoms with Gasteiger partial charge in [-0.05, 0) is 30.7 Å². The van der Waals surface area contributed by atoms with E-state index in [2.05, 4.69) is 5.27 Å². The Labute approximate surface area is 162 Å². The average Bonchev–Trinajstić information content (AvgIpc) is 3.04. The minimum absolute atomic E-state index is 0.0373. The third kappa shape index (κ3) is 3.92. The first-order valence-electron chi connectivity index (χ1n) is 8.56. The number of nitrogens with two attached hydrogens (primary N) is 1. The molecule has 1 saturated heterocycles. The van der Waals surface area contributed by atoms with Gasteiger partial charge in [-0.3, -0.25) is 9.32 Å². The first kappa shape index (κ1) is 19.6. The van der Waals surface area contributed by atoms with Gasteiger partial charge in [0.05, 0.1) is 22.8 Å². The number of Topliss-reactive ketones (excluding diaryl/α,β-unsaturated/α-hetero) is 1. The topological polar surface area (TPSA) is 114 Å². The number of nitrogens with zero attached hydrogens (tertiary/aromatic N) is 4. The van der Waals surface area contributed by atoms with Gasteiger partial charge >= 0.3 is 11.6 Å². The standard InChI is InChI=1S/C16H20ClN5O4S/c1-2-3-14(23)15-16(18)26-19-22(15)20-8-10-21(11-9-20)27(24,25)13-6-4-12(17)5-7-13/h4-7H,2-3,8-11H2,1H3,(H-,18,19,23)/p+1. The minimum atomic E-state index is -3.61. The van der Waals surface area contributed by atoms with E-state index in [0.29, 0.717) is 31.0 Å². The number of carbonyl (C=O) groups excluding carboxylic acids is 1. The molecular weight excluding hydrogens is 394 g/mol. The van der Waals surface area contributed by atoms with E-state index >= 15 is 0 Å². The number of rotatable bonds is 6. The number of anilines is 1. The number of carbonyl (C=O) groups is 1. The van der Waals surface area contributed by atoms with Gasteiger partial charge in [-0.25, -0.2) is 8.42 Å². The molecule has 1 aromatic heterocycles. The van der Waals surface area contributed by atoms with E-state index in [1.807, 2.05) is 6.92 Å². The number of piperazine rings is 1. The van der Waals surface area contributed by atoms with Crippen LogP contribution in [-0.4, -0.2) is 50.0 Å². The summed E-state index contributed by atoms with van der Waals surface area (Å²) in [6.07, 6.45) is 1.01. The Kier molecular flexibility index (Phi) is 5.68. The summed E-state index contributed by atoms with van der Waals surface area (Å²) in [5.74, 6) is -0.197. The summed E-state index contributed by atoms with van der Waals surface area (Å²) < 4.78 is 31.9. The van der Waals surface area contributed by atoms with Gasteiger partial charge in [-0.2, -0.15) is 4.31 Å². The van der Waals surface area contributed by atoms with Crippen molar-refractivity contribution in [1.82, 2.24) is 9.58 Å². The van der Waals surface area contributed by atoms with Crippen LogP contribution in [0.5, 0.6) is 0 Å². The molecule has 2 heterocycles. The van der Waals surface area contributed by atoms with Crippen molar-refractivity contribution < 1.29 is 22.5 Å². The highest BCUT2D eigenvalue weighted by molar-refractivity contribution is 7.89. The van der Waals surface area contributed by atoms with Crippen LogP contribution >= 0.6 is 11.6 Å². The molecule has 9 nitrogen and oxygen atoms in total. The third-order valence-corrected chi connectivity index (χ3v) is 6.49. The van der Waals surface area contributed by atoms with Crippen molar-refractivity contribution >= 4 is 33.3 Å². The molecule has 0 amide bonds. The number of nitrogen functional groups attached to an aromatic ring is 1. The van der Waals surface area contributed by atoms with Gasteiger partial charge in [0.25, 0.3) is 0 Å². The van der Waals surface area contributed by atoms with Crippen LogP contribution in [0.15, 0.2) is 33.7 Å². The first-order valence-corrected chi connectivity index (χ1v) is 10.4. The summed E-state index contributed by atoms with van der Waals surface area (Å²) >= 11 is 5.83. The third-order valence-electron chi connectivity index (χ3n) is 4.33. The zero-order valence-corrected chi connectivity index (χ0v) is 16.4. The maximum Gasteiger partial charge on any atom is 0.373 e. The average molecular weight is 415 g/mol. The van der Waals surface area contributed by atoms with E-state index in [9.17, 15) is 13.2 Å². The molecule has 0 radical (unpaired) electrons. The number of ketones is 1. The van der Waals surface area contributed by atoms with Gasteiger partial charge in [-0.1, -0.05) is 18.5 Å². The van der Waals surface area contributed by atoms with Gasteiger partial charge in [-0.15, -0.1) is 5.01 Å². The van der Waals surface area contributed by atoms with Gasteiger partial charge in [0.1, 0.15) is 0 Å². The van der Waals surface area contributed by atoms with Crippen LogP contribution in [0.1, 0.15) is 30.3 Å². The summed E-state index contributed by atoms with van der Waals surface area (Å²) in [6, 6.07) is 6.06. The molecule has 11 heteroatoms. The first-order chi connectivity index (χ1) is 12.8. The van der Waals surface area contributed by atoms with E-state index in [1.54, 1.807) is 17.1 Å². The number of aromatic nitrogens is 2. The Morgan fingerprint density at radius 1 is 1.26 bits per heavy atom. The van der Waals surface area contributed by atoms with Crippen LogP contribution in [0.25, 0.3) is 0 Å². The smallest absolute Gasteiger partial charge is 0.361 e. The molecule has 0 saturated carbocycles. The highest BCUT2D eigenvalue weighted by Crippen LogP contribution is 2.19. The Bertz CT molecular complexity index is 921. The highest BCUT2D eigenvalue weighted by Gasteiger charge is 2.38. The second kappa shape index (κ2) is 7.83. The Morgan fingerprint density at radius 2 is 1.89 bits per heavy atom.